The fourth-order valence-corrected chi connectivity index (χ4v) is 3.46. The van der Waals surface area contributed by atoms with Gasteiger partial charge in [-0.25, -0.2) is 4.98 Å². The van der Waals surface area contributed by atoms with Crippen LogP contribution in [-0.2, 0) is 29.7 Å². The topological polar surface area (TPSA) is 70.8 Å². The number of methoxy groups -OCH3 is 1. The molecule has 140 valence electrons. The standard InChI is InChI=1S/C19H26N4O3/c1-21-7-6-20-17(21)13-22-8-10-23(11-9-22)18(19(24)25)16-5-3-4-15(12-16)14-26-2/h3-7,12,18H,8-11,13-14H2,1-2H3,(H,24,25)/t18-/m1/s1. The minimum Gasteiger partial charge on any atom is -0.480 e. The van der Waals surface area contributed by atoms with E-state index in [2.05, 4.69) is 9.88 Å². The molecular weight excluding hydrogens is 332 g/mol. The van der Waals surface area contributed by atoms with Gasteiger partial charge in [-0.1, -0.05) is 24.3 Å². The Labute approximate surface area is 153 Å². The third kappa shape index (κ3) is 4.30. The van der Waals surface area contributed by atoms with Crippen LogP contribution in [0.2, 0.25) is 0 Å². The summed E-state index contributed by atoms with van der Waals surface area (Å²) in [6.45, 7) is 4.37. The average Bonchev–Trinajstić information content (AvgIpc) is 3.02. The van der Waals surface area contributed by atoms with Crippen molar-refractivity contribution in [2.75, 3.05) is 33.3 Å². The number of carboxylic acid groups (broad SMARTS) is 1. The predicted molar refractivity (Wildman–Crippen MR) is 97.6 cm³/mol. The minimum atomic E-state index is -0.808. The fraction of sp³-hybridized carbons (Fsp3) is 0.474. The molecule has 1 aliphatic heterocycles. The Morgan fingerprint density at radius 1 is 1.31 bits per heavy atom. The third-order valence-electron chi connectivity index (χ3n) is 4.87. The number of hydrogen-bond acceptors (Lipinski definition) is 5. The number of aromatic nitrogens is 2. The van der Waals surface area contributed by atoms with E-state index in [9.17, 15) is 9.90 Å². The van der Waals surface area contributed by atoms with E-state index in [1.165, 1.54) is 0 Å². The Morgan fingerprint density at radius 2 is 2.08 bits per heavy atom. The summed E-state index contributed by atoms with van der Waals surface area (Å²) in [6, 6.07) is 7.05. The van der Waals surface area contributed by atoms with E-state index in [1.807, 2.05) is 47.0 Å². The molecule has 0 amide bonds. The number of carbonyl (C=O) groups is 1. The molecule has 0 unspecified atom stereocenters. The fourth-order valence-electron chi connectivity index (χ4n) is 3.46. The molecule has 7 heteroatoms. The number of hydrogen-bond donors (Lipinski definition) is 1. The molecule has 0 spiro atoms. The molecule has 0 saturated carbocycles. The first-order chi connectivity index (χ1) is 12.6. The third-order valence-corrected chi connectivity index (χ3v) is 4.87. The van der Waals surface area contributed by atoms with Crippen molar-refractivity contribution in [2.45, 2.75) is 19.2 Å². The molecule has 7 nitrogen and oxygen atoms in total. The Morgan fingerprint density at radius 3 is 2.69 bits per heavy atom. The maximum Gasteiger partial charge on any atom is 0.325 e. The largest absolute Gasteiger partial charge is 0.480 e. The van der Waals surface area contributed by atoms with Gasteiger partial charge < -0.3 is 14.4 Å². The van der Waals surface area contributed by atoms with Crippen LogP contribution in [0, 0.1) is 0 Å². The second kappa shape index (κ2) is 8.44. The van der Waals surface area contributed by atoms with Crippen LogP contribution in [-0.4, -0.2) is 63.7 Å². The van der Waals surface area contributed by atoms with Gasteiger partial charge >= 0.3 is 5.97 Å². The number of imidazole rings is 1. The van der Waals surface area contributed by atoms with Gasteiger partial charge in [0.15, 0.2) is 0 Å². The van der Waals surface area contributed by atoms with E-state index in [-0.39, 0.29) is 0 Å². The molecule has 1 saturated heterocycles. The van der Waals surface area contributed by atoms with Crippen molar-refractivity contribution in [3.05, 3.63) is 53.6 Å². The maximum absolute atomic E-state index is 12.0. The lowest BCUT2D eigenvalue weighted by Crippen LogP contribution is -2.49. The highest BCUT2D eigenvalue weighted by Crippen LogP contribution is 2.24. The Balaban J connectivity index is 1.66. The summed E-state index contributed by atoms with van der Waals surface area (Å²) in [7, 11) is 3.63. The Kier molecular flexibility index (Phi) is 6.03. The Bertz CT molecular complexity index is 738. The van der Waals surface area contributed by atoms with Crippen LogP contribution in [0.1, 0.15) is 23.0 Å². The number of rotatable bonds is 7. The zero-order chi connectivity index (χ0) is 18.5. The van der Waals surface area contributed by atoms with E-state index >= 15 is 0 Å². The predicted octanol–water partition coefficient (Wildman–Crippen LogP) is 1.51. The van der Waals surface area contributed by atoms with Crippen LogP contribution in [0.3, 0.4) is 0 Å². The van der Waals surface area contributed by atoms with E-state index in [0.717, 1.165) is 49.7 Å². The molecule has 3 rings (SSSR count). The zero-order valence-electron chi connectivity index (χ0n) is 15.3. The van der Waals surface area contributed by atoms with Crippen LogP contribution in [0.25, 0.3) is 0 Å². The number of aryl methyl sites for hydroxylation is 1. The number of carboxylic acids is 1. The van der Waals surface area contributed by atoms with Crippen molar-refractivity contribution in [3.8, 4) is 0 Å². The van der Waals surface area contributed by atoms with E-state index in [0.29, 0.717) is 6.61 Å². The summed E-state index contributed by atoms with van der Waals surface area (Å²) < 4.78 is 7.19. The number of piperazine rings is 1. The first-order valence-corrected chi connectivity index (χ1v) is 8.81. The molecule has 0 bridgehead atoms. The zero-order valence-corrected chi connectivity index (χ0v) is 15.3. The van der Waals surface area contributed by atoms with Gasteiger partial charge in [-0.3, -0.25) is 14.6 Å². The highest BCUT2D eigenvalue weighted by Gasteiger charge is 2.30. The number of nitrogens with zero attached hydrogens (tertiary/aromatic N) is 4. The monoisotopic (exact) mass is 358 g/mol. The molecule has 26 heavy (non-hydrogen) atoms. The molecule has 2 heterocycles. The van der Waals surface area contributed by atoms with Gasteiger partial charge in [-0.05, 0) is 11.1 Å². The molecule has 2 aromatic rings. The molecule has 1 fully saturated rings. The summed E-state index contributed by atoms with van der Waals surface area (Å²) in [6.07, 6.45) is 3.75. The molecule has 0 aliphatic carbocycles. The van der Waals surface area contributed by atoms with Gasteiger partial charge in [0, 0.05) is 52.7 Å². The highest BCUT2D eigenvalue weighted by atomic mass is 16.5. The van der Waals surface area contributed by atoms with Gasteiger partial charge in [0.25, 0.3) is 0 Å². The molecule has 1 N–H and O–H groups in total. The summed E-state index contributed by atoms with van der Waals surface area (Å²) in [5.41, 5.74) is 1.80. The van der Waals surface area contributed by atoms with Gasteiger partial charge in [0.05, 0.1) is 13.2 Å². The summed E-state index contributed by atoms with van der Waals surface area (Å²) >= 11 is 0. The van der Waals surface area contributed by atoms with Gasteiger partial charge in [-0.15, -0.1) is 0 Å². The Hall–Kier alpha value is -2.22. The van der Waals surface area contributed by atoms with Gasteiger partial charge in [0.2, 0.25) is 0 Å². The number of benzene rings is 1. The van der Waals surface area contributed by atoms with E-state index in [1.54, 1.807) is 13.3 Å². The quantitative estimate of drug-likeness (QED) is 0.809. The van der Waals surface area contributed by atoms with E-state index < -0.39 is 12.0 Å². The van der Waals surface area contributed by atoms with Crippen LogP contribution >= 0.6 is 0 Å². The number of aliphatic carboxylic acids is 1. The second-order valence-electron chi connectivity index (χ2n) is 6.69. The maximum atomic E-state index is 12.0. The lowest BCUT2D eigenvalue weighted by molar-refractivity contribution is -0.144. The van der Waals surface area contributed by atoms with Crippen molar-refractivity contribution < 1.29 is 14.6 Å². The summed E-state index contributed by atoms with van der Waals surface area (Å²) in [5, 5.41) is 9.81. The number of ether oxygens (including phenoxy) is 1. The van der Waals surface area contributed by atoms with Crippen molar-refractivity contribution in [1.82, 2.24) is 19.4 Å². The van der Waals surface area contributed by atoms with Crippen LogP contribution in [0.5, 0.6) is 0 Å². The highest BCUT2D eigenvalue weighted by molar-refractivity contribution is 5.75. The summed E-state index contributed by atoms with van der Waals surface area (Å²) in [5.74, 6) is 0.220. The first-order valence-electron chi connectivity index (χ1n) is 8.81. The van der Waals surface area contributed by atoms with Crippen LogP contribution in [0.15, 0.2) is 36.7 Å². The normalized spacial score (nSPS) is 17.3. The van der Waals surface area contributed by atoms with Crippen molar-refractivity contribution in [1.29, 1.82) is 0 Å². The molecule has 0 radical (unpaired) electrons. The smallest absolute Gasteiger partial charge is 0.325 e. The van der Waals surface area contributed by atoms with Crippen LogP contribution < -0.4 is 0 Å². The van der Waals surface area contributed by atoms with Crippen LogP contribution in [0.4, 0.5) is 0 Å². The van der Waals surface area contributed by atoms with Gasteiger partial charge in [-0.2, -0.15) is 0 Å². The SMILES string of the molecule is COCc1cccc([C@H](C(=O)O)N2CCN(Cc3nccn3C)CC2)c1. The van der Waals surface area contributed by atoms with Crippen molar-refractivity contribution in [3.63, 3.8) is 0 Å². The minimum absolute atomic E-state index is 0.484. The average molecular weight is 358 g/mol. The van der Waals surface area contributed by atoms with Gasteiger partial charge in [0.1, 0.15) is 11.9 Å². The first kappa shape index (κ1) is 18.6. The van der Waals surface area contributed by atoms with E-state index in [4.69, 9.17) is 4.74 Å². The molecule has 1 aromatic heterocycles. The van der Waals surface area contributed by atoms with Crippen molar-refractivity contribution >= 4 is 5.97 Å². The second-order valence-corrected chi connectivity index (χ2v) is 6.69. The lowest BCUT2D eigenvalue weighted by Gasteiger charge is -2.37. The molecule has 1 atom stereocenters. The van der Waals surface area contributed by atoms with Crippen molar-refractivity contribution in [2.24, 2.45) is 7.05 Å². The molecular formula is C19H26N4O3. The summed E-state index contributed by atoms with van der Waals surface area (Å²) in [4.78, 5) is 20.7. The molecule has 1 aliphatic rings. The molecule has 1 aromatic carbocycles. The lowest BCUT2D eigenvalue weighted by atomic mass is 10.0.